The van der Waals surface area contributed by atoms with Crippen LogP contribution in [0.2, 0.25) is 0 Å². The van der Waals surface area contributed by atoms with Crippen LogP contribution in [0.5, 0.6) is 0 Å². The van der Waals surface area contributed by atoms with Crippen molar-refractivity contribution in [1.29, 1.82) is 5.26 Å². The highest BCUT2D eigenvalue weighted by Gasteiger charge is 2.52. The molecule has 3 aromatic rings. The largest absolute Gasteiger partial charge is 0.444 e. The highest BCUT2D eigenvalue weighted by molar-refractivity contribution is 5.87. The van der Waals surface area contributed by atoms with E-state index in [1.54, 1.807) is 11.1 Å². The lowest BCUT2D eigenvalue weighted by Crippen LogP contribution is -2.55. The van der Waals surface area contributed by atoms with Gasteiger partial charge >= 0.3 is 6.09 Å². The number of hydrogen-bond acceptors (Lipinski definition) is 5. The number of hydrogen-bond donors (Lipinski definition) is 2. The van der Waals surface area contributed by atoms with Gasteiger partial charge in [0, 0.05) is 18.7 Å². The van der Waals surface area contributed by atoms with E-state index in [4.69, 9.17) is 4.74 Å². The molecule has 4 atom stereocenters. The minimum absolute atomic E-state index is 0.0206. The second-order valence-electron chi connectivity index (χ2n) is 11.2. The number of piperidine rings is 1. The number of nitriles is 1. The Hall–Kier alpha value is -4.12. The van der Waals surface area contributed by atoms with Crippen LogP contribution in [0.25, 0.3) is 22.4 Å². The Kier molecular flexibility index (Phi) is 6.94. The number of likely N-dealkylation sites (tertiary alicyclic amines) is 1. The van der Waals surface area contributed by atoms with Gasteiger partial charge in [0.15, 0.2) is 0 Å². The fourth-order valence-corrected chi connectivity index (χ4v) is 5.62. The molecule has 1 aromatic heterocycles. The van der Waals surface area contributed by atoms with E-state index >= 15 is 0 Å². The van der Waals surface area contributed by atoms with Gasteiger partial charge in [0.05, 0.1) is 11.8 Å². The average Bonchev–Trinajstić information content (AvgIpc) is 3.66. The fraction of sp³-hybridized carbons (Fsp3) is 0.400. The Morgan fingerprint density at radius 2 is 1.74 bits per heavy atom. The molecule has 5 rings (SSSR count). The molecule has 2 bridgehead atoms. The van der Waals surface area contributed by atoms with Crippen LogP contribution in [0.3, 0.4) is 0 Å². The fourth-order valence-electron chi connectivity index (χ4n) is 5.62. The van der Waals surface area contributed by atoms with E-state index in [-0.39, 0.29) is 17.9 Å². The van der Waals surface area contributed by atoms with Crippen molar-refractivity contribution in [2.24, 2.45) is 5.92 Å². The molecule has 2 aliphatic rings. The SMILES string of the molecule is CC(C)(C)OC(=O)N1C2CCC(C2)C1C(=O)NC(C#N)Cc1ccc(-c2ccc(-c3ccn[nH]3)cc2)cc1. The minimum atomic E-state index is -0.693. The van der Waals surface area contributed by atoms with Gasteiger partial charge in [-0.25, -0.2) is 4.79 Å². The summed E-state index contributed by atoms with van der Waals surface area (Å²) in [7, 11) is 0. The van der Waals surface area contributed by atoms with Crippen molar-refractivity contribution in [3.8, 4) is 28.5 Å². The lowest BCUT2D eigenvalue weighted by atomic mass is 9.97. The zero-order valence-corrected chi connectivity index (χ0v) is 22.0. The lowest BCUT2D eigenvalue weighted by Gasteiger charge is -2.35. The minimum Gasteiger partial charge on any atom is -0.444 e. The van der Waals surface area contributed by atoms with E-state index in [1.165, 1.54) is 0 Å². The van der Waals surface area contributed by atoms with E-state index < -0.39 is 23.8 Å². The molecule has 2 fully saturated rings. The standard InChI is InChI=1S/C30H33N5O3/c1-30(2,3)38-29(37)35-25-13-12-23(17-25)27(35)28(36)33-24(18-31)16-19-4-6-20(7-5-19)21-8-10-22(11-9-21)26-14-15-32-34-26/h4-11,14-15,23-25,27H,12-13,16-17H2,1-3H3,(H,32,34)(H,33,36). The van der Waals surface area contributed by atoms with Gasteiger partial charge < -0.3 is 10.1 Å². The Morgan fingerprint density at radius 3 is 2.34 bits per heavy atom. The first-order chi connectivity index (χ1) is 18.2. The molecule has 2 aromatic carbocycles. The molecule has 0 radical (unpaired) electrons. The van der Waals surface area contributed by atoms with E-state index in [2.05, 4.69) is 33.7 Å². The van der Waals surface area contributed by atoms with Crippen molar-refractivity contribution in [2.75, 3.05) is 0 Å². The average molecular weight is 512 g/mol. The first-order valence-electron chi connectivity index (χ1n) is 13.1. The molecule has 1 saturated carbocycles. The van der Waals surface area contributed by atoms with Gasteiger partial charge in [-0.3, -0.25) is 14.8 Å². The molecule has 1 saturated heterocycles. The third-order valence-corrected chi connectivity index (χ3v) is 7.35. The summed E-state index contributed by atoms with van der Waals surface area (Å²) in [5.41, 5.74) is 4.50. The monoisotopic (exact) mass is 511 g/mol. The normalized spacial score (nSPS) is 21.1. The van der Waals surface area contributed by atoms with Crippen LogP contribution in [0.1, 0.15) is 45.6 Å². The smallest absolute Gasteiger partial charge is 0.411 e. The second kappa shape index (κ2) is 10.3. The maximum atomic E-state index is 13.3. The zero-order valence-electron chi connectivity index (χ0n) is 22.0. The van der Waals surface area contributed by atoms with Gasteiger partial charge in [-0.15, -0.1) is 0 Å². The first-order valence-corrected chi connectivity index (χ1v) is 13.1. The van der Waals surface area contributed by atoms with E-state index in [0.717, 1.165) is 47.2 Å². The number of nitrogens with one attached hydrogen (secondary N) is 2. The van der Waals surface area contributed by atoms with Crippen LogP contribution < -0.4 is 5.32 Å². The van der Waals surface area contributed by atoms with Crippen molar-refractivity contribution in [2.45, 2.75) is 70.2 Å². The lowest BCUT2D eigenvalue weighted by molar-refractivity contribution is -0.128. The van der Waals surface area contributed by atoms with Crippen LogP contribution in [0.15, 0.2) is 60.8 Å². The molecule has 196 valence electrons. The van der Waals surface area contributed by atoms with Gasteiger partial charge in [-0.1, -0.05) is 48.5 Å². The maximum Gasteiger partial charge on any atom is 0.411 e. The van der Waals surface area contributed by atoms with Gasteiger partial charge in [-0.05, 0) is 74.3 Å². The number of H-pyrrole nitrogens is 1. The van der Waals surface area contributed by atoms with E-state index in [0.29, 0.717) is 6.42 Å². The summed E-state index contributed by atoms with van der Waals surface area (Å²) >= 11 is 0. The molecule has 2 heterocycles. The highest BCUT2D eigenvalue weighted by Crippen LogP contribution is 2.43. The zero-order chi connectivity index (χ0) is 26.9. The van der Waals surface area contributed by atoms with Crippen LogP contribution in [-0.4, -0.2) is 50.8 Å². The maximum absolute atomic E-state index is 13.3. The summed E-state index contributed by atoms with van der Waals surface area (Å²) in [6.45, 7) is 5.46. The molecular formula is C30H33N5O3. The molecule has 1 aliphatic carbocycles. The number of benzene rings is 2. The van der Waals surface area contributed by atoms with Gasteiger partial charge in [0.25, 0.3) is 0 Å². The number of carbonyl (C=O) groups excluding carboxylic acids is 2. The van der Waals surface area contributed by atoms with Gasteiger partial charge in [0.1, 0.15) is 17.7 Å². The number of amides is 2. The third-order valence-electron chi connectivity index (χ3n) is 7.35. The molecule has 8 heteroatoms. The van der Waals surface area contributed by atoms with Crippen molar-refractivity contribution < 1.29 is 14.3 Å². The number of rotatable bonds is 6. The summed E-state index contributed by atoms with van der Waals surface area (Å²) in [5, 5.41) is 19.7. The summed E-state index contributed by atoms with van der Waals surface area (Å²) in [6.07, 6.45) is 4.25. The number of fused-ring (bicyclic) bond motifs is 2. The van der Waals surface area contributed by atoms with Crippen LogP contribution in [-0.2, 0) is 16.0 Å². The van der Waals surface area contributed by atoms with Crippen molar-refractivity contribution in [1.82, 2.24) is 20.4 Å². The number of aromatic nitrogens is 2. The van der Waals surface area contributed by atoms with Crippen LogP contribution in [0, 0.1) is 17.2 Å². The number of ether oxygens (including phenoxy) is 1. The first kappa shape index (κ1) is 25.5. The Morgan fingerprint density at radius 1 is 1.08 bits per heavy atom. The van der Waals surface area contributed by atoms with Crippen LogP contribution >= 0.6 is 0 Å². The molecule has 2 N–H and O–H groups in total. The quantitative estimate of drug-likeness (QED) is 0.479. The molecular weight excluding hydrogens is 478 g/mol. The number of nitrogens with zero attached hydrogens (tertiary/aromatic N) is 3. The van der Waals surface area contributed by atoms with Crippen molar-refractivity contribution in [3.63, 3.8) is 0 Å². The predicted octanol–water partition coefficient (Wildman–Crippen LogP) is 5.08. The van der Waals surface area contributed by atoms with Gasteiger partial charge in [-0.2, -0.15) is 10.4 Å². The Labute approximate surface area is 223 Å². The number of carbonyl (C=O) groups is 2. The predicted molar refractivity (Wildman–Crippen MR) is 144 cm³/mol. The molecule has 0 spiro atoms. The van der Waals surface area contributed by atoms with Gasteiger partial charge in [0.2, 0.25) is 5.91 Å². The molecule has 8 nitrogen and oxygen atoms in total. The summed E-state index contributed by atoms with van der Waals surface area (Å²) in [6, 6.07) is 19.1. The Bertz CT molecular complexity index is 1320. The highest BCUT2D eigenvalue weighted by atomic mass is 16.6. The van der Waals surface area contributed by atoms with E-state index in [1.807, 2.05) is 63.2 Å². The van der Waals surface area contributed by atoms with Crippen molar-refractivity contribution >= 4 is 12.0 Å². The molecule has 4 unspecified atom stereocenters. The second-order valence-corrected chi connectivity index (χ2v) is 11.2. The topological polar surface area (TPSA) is 111 Å². The van der Waals surface area contributed by atoms with Crippen molar-refractivity contribution in [3.05, 3.63) is 66.4 Å². The number of aromatic amines is 1. The van der Waals surface area contributed by atoms with Crippen LogP contribution in [0.4, 0.5) is 4.79 Å². The molecule has 2 amide bonds. The summed E-state index contributed by atoms with van der Waals surface area (Å²) in [4.78, 5) is 27.8. The molecule has 38 heavy (non-hydrogen) atoms. The summed E-state index contributed by atoms with van der Waals surface area (Å²) < 4.78 is 5.59. The summed E-state index contributed by atoms with van der Waals surface area (Å²) in [5.74, 6) is -0.172. The van der Waals surface area contributed by atoms with E-state index in [9.17, 15) is 14.9 Å². The third kappa shape index (κ3) is 5.42. The Balaban J connectivity index is 1.22. The molecule has 1 aliphatic heterocycles.